The van der Waals surface area contributed by atoms with E-state index < -0.39 is 0 Å². The minimum absolute atomic E-state index is 0.0464. The van der Waals surface area contributed by atoms with Crippen LogP contribution in [0.4, 0.5) is 0 Å². The number of rotatable bonds is 7. The summed E-state index contributed by atoms with van der Waals surface area (Å²) in [7, 11) is 1.69. The highest BCUT2D eigenvalue weighted by molar-refractivity contribution is 5.91. The van der Waals surface area contributed by atoms with Crippen LogP contribution in [0.1, 0.15) is 29.5 Å². The average molecular weight is 399 g/mol. The van der Waals surface area contributed by atoms with Gasteiger partial charge in [-0.1, -0.05) is 12.1 Å². The fourth-order valence-electron chi connectivity index (χ4n) is 3.40. The number of nitrogens with zero attached hydrogens (tertiary/aromatic N) is 3. The van der Waals surface area contributed by atoms with E-state index in [-0.39, 0.29) is 5.91 Å². The van der Waals surface area contributed by atoms with E-state index in [9.17, 15) is 4.79 Å². The monoisotopic (exact) mass is 398 g/mol. The fourth-order valence-corrected chi connectivity index (χ4v) is 3.40. The summed E-state index contributed by atoms with van der Waals surface area (Å²) in [6.45, 7) is 6.48. The first-order valence-electron chi connectivity index (χ1n) is 10.2. The van der Waals surface area contributed by atoms with Gasteiger partial charge in [-0.2, -0.15) is 0 Å². The minimum atomic E-state index is -0.0464. The molecule has 1 fully saturated rings. The van der Waals surface area contributed by atoms with Crippen LogP contribution >= 0.6 is 0 Å². The van der Waals surface area contributed by atoms with Crippen molar-refractivity contribution < 1.29 is 13.9 Å². The molecule has 0 unspecified atom stereocenters. The van der Waals surface area contributed by atoms with Gasteiger partial charge >= 0.3 is 0 Å². The highest BCUT2D eigenvalue weighted by atomic mass is 16.5. The number of aliphatic imine (C=N–C) groups is 1. The molecular formula is C22H30N4O3. The molecule has 0 atom stereocenters. The number of ether oxygens (including phenoxy) is 1. The van der Waals surface area contributed by atoms with Gasteiger partial charge in [0.2, 0.25) is 0 Å². The molecule has 29 heavy (non-hydrogen) atoms. The Morgan fingerprint density at radius 2 is 1.97 bits per heavy atom. The zero-order valence-corrected chi connectivity index (χ0v) is 17.3. The number of hydrogen-bond donors (Lipinski definition) is 1. The first-order valence-corrected chi connectivity index (χ1v) is 10.2. The predicted molar refractivity (Wildman–Crippen MR) is 113 cm³/mol. The van der Waals surface area contributed by atoms with Crippen LogP contribution in [0.15, 0.2) is 52.1 Å². The molecule has 2 aromatic rings. The van der Waals surface area contributed by atoms with Crippen molar-refractivity contribution in [1.29, 1.82) is 0 Å². The summed E-state index contributed by atoms with van der Waals surface area (Å²) in [6.07, 6.45) is 3.47. The smallest absolute Gasteiger partial charge is 0.289 e. The van der Waals surface area contributed by atoms with E-state index in [0.717, 1.165) is 50.7 Å². The van der Waals surface area contributed by atoms with Gasteiger partial charge in [-0.3, -0.25) is 9.79 Å². The number of furan rings is 1. The molecule has 0 aliphatic carbocycles. The van der Waals surface area contributed by atoms with Crippen molar-refractivity contribution in [3.05, 3.63) is 54.0 Å². The van der Waals surface area contributed by atoms with E-state index in [1.807, 2.05) is 17.0 Å². The van der Waals surface area contributed by atoms with E-state index in [1.165, 1.54) is 11.8 Å². The third-order valence-electron chi connectivity index (χ3n) is 4.95. The average Bonchev–Trinajstić information content (AvgIpc) is 3.30. The van der Waals surface area contributed by atoms with E-state index >= 15 is 0 Å². The van der Waals surface area contributed by atoms with Gasteiger partial charge in [0.25, 0.3) is 5.91 Å². The van der Waals surface area contributed by atoms with Gasteiger partial charge in [0.1, 0.15) is 5.75 Å². The highest BCUT2D eigenvalue weighted by Gasteiger charge is 2.25. The molecule has 0 radical (unpaired) electrons. The molecule has 2 heterocycles. The van der Waals surface area contributed by atoms with Gasteiger partial charge < -0.3 is 24.3 Å². The first kappa shape index (κ1) is 20.8. The summed E-state index contributed by atoms with van der Waals surface area (Å²) in [4.78, 5) is 21.3. The quantitative estimate of drug-likeness (QED) is 0.441. The van der Waals surface area contributed by atoms with E-state index in [4.69, 9.17) is 14.1 Å². The van der Waals surface area contributed by atoms with Gasteiger partial charge in [0.15, 0.2) is 11.7 Å². The molecule has 0 bridgehead atoms. The zero-order chi connectivity index (χ0) is 20.5. The van der Waals surface area contributed by atoms with E-state index in [1.54, 1.807) is 19.2 Å². The number of piperazine rings is 1. The lowest BCUT2D eigenvalue weighted by Crippen LogP contribution is -2.53. The van der Waals surface area contributed by atoms with Crippen molar-refractivity contribution in [3.8, 4) is 5.75 Å². The van der Waals surface area contributed by atoms with Crippen molar-refractivity contribution in [2.75, 3.05) is 46.4 Å². The SMILES string of the molecule is CCNC(=NCCCc1cccc(OC)c1)N1CCN(C(=O)c2ccco2)CC1. The summed E-state index contributed by atoms with van der Waals surface area (Å²) < 4.78 is 10.5. The number of methoxy groups -OCH3 is 1. The molecule has 1 aliphatic rings. The third-order valence-corrected chi connectivity index (χ3v) is 4.95. The summed E-state index contributed by atoms with van der Waals surface area (Å²) in [5.41, 5.74) is 1.26. The molecule has 156 valence electrons. The number of amides is 1. The Morgan fingerprint density at radius 3 is 2.66 bits per heavy atom. The summed E-state index contributed by atoms with van der Waals surface area (Å²) in [6, 6.07) is 11.6. The summed E-state index contributed by atoms with van der Waals surface area (Å²) >= 11 is 0. The standard InChI is InChI=1S/C22H30N4O3/c1-3-23-22(24-11-5-8-18-7-4-9-19(17-18)28-2)26-14-12-25(13-15-26)21(27)20-10-6-16-29-20/h4,6-7,9-10,16-17H,3,5,8,11-15H2,1-2H3,(H,23,24). The van der Waals surface area contributed by atoms with Gasteiger partial charge in [-0.25, -0.2) is 0 Å². The Morgan fingerprint density at radius 1 is 1.17 bits per heavy atom. The molecule has 1 aromatic carbocycles. The van der Waals surface area contributed by atoms with Crippen molar-refractivity contribution in [2.24, 2.45) is 4.99 Å². The Labute approximate surface area is 172 Å². The molecule has 1 aromatic heterocycles. The molecule has 1 N–H and O–H groups in total. The molecule has 1 amide bonds. The molecule has 1 saturated heterocycles. The number of carbonyl (C=O) groups excluding carboxylic acids is 1. The fraction of sp³-hybridized carbons (Fsp3) is 0.455. The predicted octanol–water partition coefficient (Wildman–Crippen LogP) is 2.64. The Balaban J connectivity index is 1.49. The van der Waals surface area contributed by atoms with Crippen LogP contribution in [0.25, 0.3) is 0 Å². The van der Waals surface area contributed by atoms with Crippen LogP contribution in [0, 0.1) is 0 Å². The molecule has 1 aliphatic heterocycles. The van der Waals surface area contributed by atoms with Crippen molar-refractivity contribution in [3.63, 3.8) is 0 Å². The molecule has 0 saturated carbocycles. The van der Waals surface area contributed by atoms with Crippen LogP contribution in [0.2, 0.25) is 0 Å². The molecule has 0 spiro atoms. The van der Waals surface area contributed by atoms with Gasteiger partial charge in [0, 0.05) is 39.3 Å². The van der Waals surface area contributed by atoms with Crippen molar-refractivity contribution in [1.82, 2.24) is 15.1 Å². The summed E-state index contributed by atoms with van der Waals surface area (Å²) in [5.74, 6) is 2.16. The van der Waals surface area contributed by atoms with Crippen LogP contribution in [-0.2, 0) is 6.42 Å². The lowest BCUT2D eigenvalue weighted by molar-refractivity contribution is 0.0657. The minimum Gasteiger partial charge on any atom is -0.497 e. The topological polar surface area (TPSA) is 70.3 Å². The number of hydrogen-bond acceptors (Lipinski definition) is 4. The molecule has 7 heteroatoms. The second-order valence-electron chi connectivity index (χ2n) is 6.95. The number of nitrogens with one attached hydrogen (secondary N) is 1. The van der Waals surface area contributed by atoms with Crippen molar-refractivity contribution >= 4 is 11.9 Å². The Bertz CT molecular complexity index is 796. The maximum Gasteiger partial charge on any atom is 0.289 e. The lowest BCUT2D eigenvalue weighted by Gasteiger charge is -2.36. The van der Waals surface area contributed by atoms with Crippen LogP contribution in [0.5, 0.6) is 5.75 Å². The Hall–Kier alpha value is -2.96. The van der Waals surface area contributed by atoms with Gasteiger partial charge in [-0.15, -0.1) is 0 Å². The summed E-state index contributed by atoms with van der Waals surface area (Å²) in [5, 5.41) is 3.37. The van der Waals surface area contributed by atoms with Crippen molar-refractivity contribution in [2.45, 2.75) is 19.8 Å². The molecule has 7 nitrogen and oxygen atoms in total. The lowest BCUT2D eigenvalue weighted by atomic mass is 10.1. The second-order valence-corrected chi connectivity index (χ2v) is 6.95. The van der Waals surface area contributed by atoms with Crippen LogP contribution < -0.4 is 10.1 Å². The normalized spacial score (nSPS) is 14.8. The second kappa shape index (κ2) is 10.5. The first-order chi connectivity index (χ1) is 14.2. The largest absolute Gasteiger partial charge is 0.497 e. The maximum absolute atomic E-state index is 12.4. The number of guanidine groups is 1. The van der Waals surface area contributed by atoms with Gasteiger partial charge in [-0.05, 0) is 49.6 Å². The van der Waals surface area contributed by atoms with Crippen LogP contribution in [-0.4, -0.2) is 68.0 Å². The Kier molecular flexibility index (Phi) is 7.55. The zero-order valence-electron chi connectivity index (χ0n) is 17.3. The van der Waals surface area contributed by atoms with E-state index in [2.05, 4.69) is 29.3 Å². The van der Waals surface area contributed by atoms with E-state index in [0.29, 0.717) is 18.8 Å². The molecular weight excluding hydrogens is 368 g/mol. The number of benzene rings is 1. The third kappa shape index (κ3) is 5.76. The van der Waals surface area contributed by atoms with Gasteiger partial charge in [0.05, 0.1) is 13.4 Å². The van der Waals surface area contributed by atoms with Crippen LogP contribution in [0.3, 0.4) is 0 Å². The maximum atomic E-state index is 12.4. The number of carbonyl (C=O) groups is 1. The number of aryl methyl sites for hydroxylation is 1. The molecule has 3 rings (SSSR count). The highest BCUT2D eigenvalue weighted by Crippen LogP contribution is 2.14.